The van der Waals surface area contributed by atoms with Crippen LogP contribution in [0.15, 0.2) is 0 Å². The normalized spacial score (nSPS) is 29.5. The molecule has 0 aromatic heterocycles. The Bertz CT molecular complexity index is 209. The Morgan fingerprint density at radius 1 is 1.62 bits per heavy atom. The maximum atomic E-state index is 9.36. The van der Waals surface area contributed by atoms with Crippen LogP contribution in [0.25, 0.3) is 0 Å². The van der Waals surface area contributed by atoms with Crippen molar-refractivity contribution >= 4 is 0 Å². The zero-order valence-electron chi connectivity index (χ0n) is 8.45. The molecule has 3 nitrogen and oxygen atoms in total. The van der Waals surface area contributed by atoms with Crippen LogP contribution < -0.4 is 0 Å². The van der Waals surface area contributed by atoms with Gasteiger partial charge < -0.3 is 5.11 Å². The minimum absolute atomic E-state index is 0.0385. The van der Waals surface area contributed by atoms with E-state index in [1.54, 1.807) is 0 Å². The predicted molar refractivity (Wildman–Crippen MR) is 51.0 cm³/mol. The largest absolute Gasteiger partial charge is 0.396 e. The lowest BCUT2D eigenvalue weighted by molar-refractivity contribution is 0.0846. The Morgan fingerprint density at radius 3 is 2.69 bits per heavy atom. The molecule has 0 aromatic rings. The first-order valence-corrected chi connectivity index (χ1v) is 4.85. The third-order valence-corrected chi connectivity index (χ3v) is 3.30. The minimum Gasteiger partial charge on any atom is -0.396 e. The third-order valence-electron chi connectivity index (χ3n) is 3.30. The molecule has 1 atom stereocenters. The van der Waals surface area contributed by atoms with Crippen LogP contribution in [0.1, 0.15) is 20.3 Å². The highest BCUT2D eigenvalue weighted by Gasteiger charge is 2.39. The van der Waals surface area contributed by atoms with Gasteiger partial charge in [-0.3, -0.25) is 4.90 Å². The second-order valence-corrected chi connectivity index (χ2v) is 4.29. The lowest BCUT2D eigenvalue weighted by atomic mass is 9.77. The first-order chi connectivity index (χ1) is 6.14. The summed E-state index contributed by atoms with van der Waals surface area (Å²) < 4.78 is 0. The molecule has 1 aliphatic heterocycles. The molecule has 1 heterocycles. The Labute approximate surface area is 80.0 Å². The fourth-order valence-electron chi connectivity index (χ4n) is 2.00. The first-order valence-electron chi connectivity index (χ1n) is 4.85. The number of rotatable bonds is 3. The van der Waals surface area contributed by atoms with Gasteiger partial charge in [0.1, 0.15) is 0 Å². The van der Waals surface area contributed by atoms with Crippen LogP contribution in [0.4, 0.5) is 0 Å². The van der Waals surface area contributed by atoms with E-state index in [-0.39, 0.29) is 12.0 Å². The Balaban J connectivity index is 2.59. The summed E-state index contributed by atoms with van der Waals surface area (Å²) in [5.41, 5.74) is 0.0385. The number of aliphatic hydroxyl groups is 1. The highest BCUT2D eigenvalue weighted by Crippen LogP contribution is 2.36. The molecule has 0 spiro atoms. The van der Waals surface area contributed by atoms with Crippen LogP contribution in [-0.4, -0.2) is 36.2 Å². The van der Waals surface area contributed by atoms with Crippen molar-refractivity contribution in [1.29, 1.82) is 5.26 Å². The second kappa shape index (κ2) is 4.08. The third kappa shape index (κ3) is 2.01. The van der Waals surface area contributed by atoms with Gasteiger partial charge in [0.05, 0.1) is 19.2 Å². The van der Waals surface area contributed by atoms with Crippen molar-refractivity contribution in [2.45, 2.75) is 20.3 Å². The van der Waals surface area contributed by atoms with Gasteiger partial charge in [-0.1, -0.05) is 13.8 Å². The average Bonchev–Trinajstić information content (AvgIpc) is 2.50. The van der Waals surface area contributed by atoms with Gasteiger partial charge in [-0.15, -0.1) is 0 Å². The minimum atomic E-state index is 0.0385. The fraction of sp³-hybridized carbons (Fsp3) is 0.900. The van der Waals surface area contributed by atoms with Crippen LogP contribution in [0, 0.1) is 22.7 Å². The van der Waals surface area contributed by atoms with E-state index in [0.29, 0.717) is 12.5 Å². The molecule has 1 aliphatic rings. The topological polar surface area (TPSA) is 47.3 Å². The average molecular weight is 182 g/mol. The lowest BCUT2D eigenvalue weighted by Crippen LogP contribution is -2.35. The summed E-state index contributed by atoms with van der Waals surface area (Å²) >= 11 is 0. The molecule has 13 heavy (non-hydrogen) atoms. The molecular weight excluding hydrogens is 164 g/mol. The van der Waals surface area contributed by atoms with Crippen molar-refractivity contribution in [3.63, 3.8) is 0 Å². The van der Waals surface area contributed by atoms with E-state index in [9.17, 15) is 5.11 Å². The summed E-state index contributed by atoms with van der Waals surface area (Å²) in [5, 5.41) is 17.9. The van der Waals surface area contributed by atoms with E-state index in [4.69, 9.17) is 5.26 Å². The summed E-state index contributed by atoms with van der Waals surface area (Å²) in [7, 11) is 0. The van der Waals surface area contributed by atoms with E-state index < -0.39 is 0 Å². The molecule has 0 aromatic carbocycles. The number of aliphatic hydroxyl groups excluding tert-OH is 1. The number of hydrogen-bond donors (Lipinski definition) is 1. The summed E-state index contributed by atoms with van der Waals surface area (Å²) in [6, 6.07) is 2.15. The number of nitriles is 1. The standard InChI is InChI=1S/C10H18N2O/c1-9(2)10(8-13)3-5-12(7-10)6-4-11/h9,13H,3,5-8H2,1-2H3. The summed E-state index contributed by atoms with van der Waals surface area (Å²) in [6.07, 6.45) is 1.02. The Kier molecular flexibility index (Phi) is 3.29. The molecule has 0 amide bonds. The highest BCUT2D eigenvalue weighted by molar-refractivity contribution is 4.94. The van der Waals surface area contributed by atoms with Gasteiger partial charge in [0.25, 0.3) is 0 Å². The maximum Gasteiger partial charge on any atom is 0.0866 e. The molecule has 0 saturated carbocycles. The SMILES string of the molecule is CC(C)C1(CO)CCN(CC#N)C1. The van der Waals surface area contributed by atoms with Crippen molar-refractivity contribution in [2.75, 3.05) is 26.2 Å². The predicted octanol–water partition coefficient (Wildman–Crippen LogP) is 0.850. The molecule has 74 valence electrons. The number of nitrogens with zero attached hydrogens (tertiary/aromatic N) is 2. The van der Waals surface area contributed by atoms with Crippen LogP contribution in [0.3, 0.4) is 0 Å². The zero-order chi connectivity index (χ0) is 9.90. The van der Waals surface area contributed by atoms with Crippen LogP contribution >= 0.6 is 0 Å². The number of hydrogen-bond acceptors (Lipinski definition) is 3. The van der Waals surface area contributed by atoms with Gasteiger partial charge in [0, 0.05) is 12.0 Å². The molecule has 0 radical (unpaired) electrons. The Hall–Kier alpha value is -0.590. The Morgan fingerprint density at radius 2 is 2.31 bits per heavy atom. The monoisotopic (exact) mass is 182 g/mol. The van der Waals surface area contributed by atoms with Crippen molar-refractivity contribution in [3.05, 3.63) is 0 Å². The molecule has 1 N–H and O–H groups in total. The zero-order valence-corrected chi connectivity index (χ0v) is 8.45. The highest BCUT2D eigenvalue weighted by atomic mass is 16.3. The lowest BCUT2D eigenvalue weighted by Gasteiger charge is -2.31. The van der Waals surface area contributed by atoms with Crippen LogP contribution in [0.5, 0.6) is 0 Å². The van der Waals surface area contributed by atoms with Gasteiger partial charge in [-0.2, -0.15) is 5.26 Å². The smallest absolute Gasteiger partial charge is 0.0866 e. The van der Waals surface area contributed by atoms with Gasteiger partial charge in [0.15, 0.2) is 0 Å². The van der Waals surface area contributed by atoms with E-state index in [1.807, 2.05) is 0 Å². The van der Waals surface area contributed by atoms with E-state index in [2.05, 4.69) is 24.8 Å². The second-order valence-electron chi connectivity index (χ2n) is 4.29. The molecule has 1 fully saturated rings. The molecule has 0 bridgehead atoms. The van der Waals surface area contributed by atoms with Gasteiger partial charge >= 0.3 is 0 Å². The van der Waals surface area contributed by atoms with E-state index in [0.717, 1.165) is 19.5 Å². The first kappa shape index (κ1) is 10.5. The number of likely N-dealkylation sites (tertiary alicyclic amines) is 1. The quantitative estimate of drug-likeness (QED) is 0.658. The van der Waals surface area contributed by atoms with Gasteiger partial charge in [-0.25, -0.2) is 0 Å². The van der Waals surface area contributed by atoms with Crippen molar-refractivity contribution in [1.82, 2.24) is 4.90 Å². The molecule has 3 heteroatoms. The summed E-state index contributed by atoms with van der Waals surface area (Å²) in [5.74, 6) is 0.487. The summed E-state index contributed by atoms with van der Waals surface area (Å²) in [6.45, 7) is 6.85. The molecule has 1 unspecified atom stereocenters. The van der Waals surface area contributed by atoms with Crippen LogP contribution in [0.2, 0.25) is 0 Å². The van der Waals surface area contributed by atoms with Crippen molar-refractivity contribution < 1.29 is 5.11 Å². The summed E-state index contributed by atoms with van der Waals surface area (Å²) in [4.78, 5) is 2.12. The van der Waals surface area contributed by atoms with Crippen molar-refractivity contribution in [3.8, 4) is 6.07 Å². The maximum absolute atomic E-state index is 9.36. The molecule has 1 saturated heterocycles. The molecular formula is C10H18N2O. The fourth-order valence-corrected chi connectivity index (χ4v) is 2.00. The van der Waals surface area contributed by atoms with Crippen LogP contribution in [-0.2, 0) is 0 Å². The van der Waals surface area contributed by atoms with E-state index >= 15 is 0 Å². The van der Waals surface area contributed by atoms with Crippen molar-refractivity contribution in [2.24, 2.45) is 11.3 Å². The molecule has 0 aliphatic carbocycles. The van der Waals surface area contributed by atoms with Gasteiger partial charge in [-0.05, 0) is 18.9 Å². The van der Waals surface area contributed by atoms with E-state index in [1.165, 1.54) is 0 Å². The molecule has 1 rings (SSSR count). The van der Waals surface area contributed by atoms with Gasteiger partial charge in [0.2, 0.25) is 0 Å².